The number of azo groups is 1. The average molecular weight is 219 g/mol. The van der Waals surface area contributed by atoms with Gasteiger partial charge < -0.3 is 0 Å². The van der Waals surface area contributed by atoms with Gasteiger partial charge >= 0.3 is 0 Å². The van der Waals surface area contributed by atoms with Crippen LogP contribution in [0.25, 0.3) is 0 Å². The second kappa shape index (κ2) is 2.19. The van der Waals surface area contributed by atoms with Crippen LogP contribution >= 0.6 is 22.6 Å². The molecule has 1 aliphatic rings. The normalized spacial score (nSPS) is 16.1. The fraction of sp³-hybridized carbons (Fsp3) is 0. The molecule has 0 unspecified atom stereocenters. The molecular weight excluding hydrogens is 217 g/mol. The molecule has 40 valence electrons. The predicted octanol–water partition coefficient (Wildman–Crippen LogP) is 1.86. The number of halogens is 1. The first-order valence-corrected chi connectivity index (χ1v) is 2.99. The fourth-order valence-electron chi connectivity index (χ4n) is 0.331. The molecule has 1 N–H and O–H groups in total. The number of nitrogens with one attached hydrogen (secondary N) is 1. The van der Waals surface area contributed by atoms with E-state index in [1.54, 1.807) is 6.20 Å². The summed E-state index contributed by atoms with van der Waals surface area (Å²) in [5.41, 5.74) is 0.519. The van der Waals surface area contributed by atoms with E-state index in [-0.39, 0.29) is 0 Å². The van der Waals surface area contributed by atoms with Crippen LogP contribution in [0.1, 0.15) is 0 Å². The van der Waals surface area contributed by atoms with Crippen LogP contribution in [-0.4, -0.2) is 5.87 Å². The number of nitrogens with zero attached hydrogens (tertiary/aromatic N) is 2. The van der Waals surface area contributed by atoms with Crippen molar-refractivity contribution in [1.29, 1.82) is 5.41 Å². The van der Waals surface area contributed by atoms with Crippen molar-refractivity contribution in [3.63, 3.8) is 0 Å². The van der Waals surface area contributed by atoms with Crippen LogP contribution in [0.2, 0.25) is 0 Å². The highest BCUT2D eigenvalue weighted by Gasteiger charge is 2.03. The zero-order valence-corrected chi connectivity index (χ0v) is 6.01. The molecule has 0 aromatic rings. The number of allylic oxidation sites excluding steroid dienone is 1. The van der Waals surface area contributed by atoms with Gasteiger partial charge in [0.15, 0.2) is 5.70 Å². The van der Waals surface area contributed by atoms with Crippen LogP contribution < -0.4 is 0 Å². The van der Waals surface area contributed by atoms with E-state index in [1.807, 2.05) is 22.6 Å². The summed E-state index contributed by atoms with van der Waals surface area (Å²) in [6.07, 6.45) is 1.59. The quantitative estimate of drug-likeness (QED) is 0.477. The SMILES string of the molecule is N=C=C1N=NC=C1I. The van der Waals surface area contributed by atoms with Gasteiger partial charge in [0.2, 0.25) is 0 Å². The third-order valence-corrected chi connectivity index (χ3v) is 1.46. The Labute approximate surface area is 59.8 Å². The lowest BCUT2D eigenvalue weighted by molar-refractivity contribution is 1.25. The highest BCUT2D eigenvalue weighted by molar-refractivity contribution is 14.1. The van der Waals surface area contributed by atoms with Crippen LogP contribution in [0.4, 0.5) is 0 Å². The number of hydrogen-bond acceptors (Lipinski definition) is 3. The first kappa shape index (κ1) is 5.65. The topological polar surface area (TPSA) is 48.6 Å². The molecule has 0 amide bonds. The zero-order valence-electron chi connectivity index (χ0n) is 3.85. The first-order valence-electron chi connectivity index (χ1n) is 1.91. The predicted molar refractivity (Wildman–Crippen MR) is 38.2 cm³/mol. The maximum absolute atomic E-state index is 6.64. The van der Waals surface area contributed by atoms with Crippen molar-refractivity contribution < 1.29 is 0 Å². The molecule has 0 saturated carbocycles. The van der Waals surface area contributed by atoms with Crippen molar-refractivity contribution in [1.82, 2.24) is 0 Å². The van der Waals surface area contributed by atoms with E-state index in [1.165, 1.54) is 0 Å². The fourth-order valence-corrected chi connectivity index (χ4v) is 0.698. The standard InChI is InChI=1S/C4H2IN3/c5-3-2-7-8-4(3)1-6/h2,6H. The maximum Gasteiger partial charge on any atom is 0.161 e. The Bertz CT molecular complexity index is 209. The van der Waals surface area contributed by atoms with E-state index in [2.05, 4.69) is 16.1 Å². The van der Waals surface area contributed by atoms with E-state index in [9.17, 15) is 0 Å². The van der Waals surface area contributed by atoms with Crippen LogP contribution in [0.3, 0.4) is 0 Å². The summed E-state index contributed by atoms with van der Waals surface area (Å²) in [6.45, 7) is 0. The van der Waals surface area contributed by atoms with Crippen molar-refractivity contribution in [3.05, 3.63) is 15.5 Å². The second-order valence-corrected chi connectivity index (χ2v) is 2.33. The van der Waals surface area contributed by atoms with E-state index >= 15 is 0 Å². The van der Waals surface area contributed by atoms with E-state index in [0.717, 1.165) is 3.58 Å². The molecule has 0 saturated heterocycles. The van der Waals surface area contributed by atoms with Gasteiger partial charge in [-0.2, -0.15) is 5.11 Å². The van der Waals surface area contributed by atoms with Gasteiger partial charge in [-0.05, 0) is 22.6 Å². The highest BCUT2D eigenvalue weighted by atomic mass is 127. The van der Waals surface area contributed by atoms with Gasteiger partial charge in [-0.15, -0.1) is 5.11 Å². The molecule has 1 heterocycles. The van der Waals surface area contributed by atoms with Crippen molar-refractivity contribution in [2.75, 3.05) is 0 Å². The summed E-state index contributed by atoms with van der Waals surface area (Å²) >= 11 is 2.05. The molecule has 0 fully saturated rings. The van der Waals surface area contributed by atoms with Gasteiger partial charge in [0.25, 0.3) is 0 Å². The smallest absolute Gasteiger partial charge is 0.161 e. The van der Waals surface area contributed by atoms with Gasteiger partial charge in [0, 0.05) is 5.87 Å². The molecule has 0 radical (unpaired) electrons. The summed E-state index contributed by atoms with van der Waals surface area (Å²) in [7, 11) is 0. The third kappa shape index (κ3) is 0.850. The molecular formula is C4H2IN3. The number of rotatable bonds is 0. The molecule has 0 aliphatic carbocycles. The molecule has 0 aromatic carbocycles. The van der Waals surface area contributed by atoms with Crippen molar-refractivity contribution in [3.8, 4) is 0 Å². The summed E-state index contributed by atoms with van der Waals surface area (Å²) < 4.78 is 0.873. The van der Waals surface area contributed by atoms with Gasteiger partial charge in [0.1, 0.15) is 0 Å². The second-order valence-electron chi connectivity index (χ2n) is 1.17. The summed E-state index contributed by atoms with van der Waals surface area (Å²) in [5, 5.41) is 13.8. The highest BCUT2D eigenvalue weighted by Crippen LogP contribution is 2.21. The Morgan fingerprint density at radius 1 is 1.75 bits per heavy atom. The Hall–Kier alpha value is -0.480. The Balaban J connectivity index is 3.05. The lowest BCUT2D eigenvalue weighted by Gasteiger charge is -1.78. The first-order chi connectivity index (χ1) is 3.84. The van der Waals surface area contributed by atoms with Crippen molar-refractivity contribution >= 4 is 28.5 Å². The lowest BCUT2D eigenvalue weighted by atomic mass is 10.5. The Morgan fingerprint density at radius 3 is 2.75 bits per heavy atom. The summed E-state index contributed by atoms with van der Waals surface area (Å²) in [6, 6.07) is 0. The van der Waals surface area contributed by atoms with E-state index in [4.69, 9.17) is 5.41 Å². The minimum atomic E-state index is 0.519. The molecule has 0 bridgehead atoms. The molecule has 8 heavy (non-hydrogen) atoms. The molecule has 0 aromatic heterocycles. The van der Waals surface area contributed by atoms with Gasteiger partial charge in [-0.25, -0.2) is 0 Å². The minimum absolute atomic E-state index is 0.519. The van der Waals surface area contributed by atoms with E-state index < -0.39 is 0 Å². The summed E-state index contributed by atoms with van der Waals surface area (Å²) in [5.74, 6) is 2.14. The minimum Gasteiger partial charge on any atom is -0.257 e. The van der Waals surface area contributed by atoms with Crippen LogP contribution in [0, 0.1) is 5.41 Å². The molecule has 0 atom stereocenters. The van der Waals surface area contributed by atoms with Crippen LogP contribution in [0.15, 0.2) is 25.7 Å². The Morgan fingerprint density at radius 2 is 2.50 bits per heavy atom. The van der Waals surface area contributed by atoms with Crippen LogP contribution in [0.5, 0.6) is 0 Å². The zero-order chi connectivity index (χ0) is 5.98. The molecule has 0 spiro atoms. The van der Waals surface area contributed by atoms with E-state index in [0.29, 0.717) is 5.70 Å². The maximum atomic E-state index is 6.64. The third-order valence-electron chi connectivity index (χ3n) is 0.673. The monoisotopic (exact) mass is 219 g/mol. The van der Waals surface area contributed by atoms with Crippen molar-refractivity contribution in [2.45, 2.75) is 0 Å². The van der Waals surface area contributed by atoms with Gasteiger partial charge in [0.05, 0.1) is 9.78 Å². The van der Waals surface area contributed by atoms with Crippen molar-refractivity contribution in [2.24, 2.45) is 10.2 Å². The molecule has 4 heteroatoms. The van der Waals surface area contributed by atoms with Gasteiger partial charge in [-0.1, -0.05) is 0 Å². The molecule has 3 nitrogen and oxygen atoms in total. The van der Waals surface area contributed by atoms with Gasteiger partial charge in [-0.3, -0.25) is 5.41 Å². The number of hydrogen-bond donors (Lipinski definition) is 1. The van der Waals surface area contributed by atoms with Crippen LogP contribution in [-0.2, 0) is 0 Å². The molecule has 1 rings (SSSR count). The largest absolute Gasteiger partial charge is 0.257 e. The summed E-state index contributed by atoms with van der Waals surface area (Å²) in [4.78, 5) is 0. The average Bonchev–Trinajstić information content (AvgIpc) is 2.14. The lowest BCUT2D eigenvalue weighted by Crippen LogP contribution is -1.68. The Kier molecular flexibility index (Phi) is 1.55. The molecule has 1 aliphatic heterocycles.